The van der Waals surface area contributed by atoms with Gasteiger partial charge in [-0.05, 0) is 42.6 Å². The minimum atomic E-state index is -0.163. The topological polar surface area (TPSA) is 88.9 Å². The van der Waals surface area contributed by atoms with Gasteiger partial charge in [0.15, 0.2) is 11.0 Å². The summed E-state index contributed by atoms with van der Waals surface area (Å²) in [5, 5.41) is 16.6. The van der Waals surface area contributed by atoms with Crippen LogP contribution in [0.4, 0.5) is 5.69 Å². The van der Waals surface area contributed by atoms with Crippen LogP contribution in [-0.2, 0) is 11.3 Å². The summed E-state index contributed by atoms with van der Waals surface area (Å²) < 4.78 is 2.00. The third kappa shape index (κ3) is 4.55. The standard InChI is InChI=1S/C18H19N5O2S2/c1-3-23-16(14-5-4-10-26-14)21-22-18(23)27-11-15(24)20-13-8-6-12(7-9-13)17(25)19-2/h4-10H,3,11H2,1-2H3,(H,19,25)(H,20,24). The van der Waals surface area contributed by atoms with Crippen LogP contribution in [0.2, 0.25) is 0 Å². The van der Waals surface area contributed by atoms with Gasteiger partial charge in [-0.1, -0.05) is 17.8 Å². The zero-order valence-corrected chi connectivity index (χ0v) is 16.6. The normalized spacial score (nSPS) is 10.6. The quantitative estimate of drug-likeness (QED) is 0.594. The van der Waals surface area contributed by atoms with E-state index in [0.29, 0.717) is 16.4 Å². The summed E-state index contributed by atoms with van der Waals surface area (Å²) in [5.74, 6) is 0.736. The molecule has 0 unspecified atom stereocenters. The molecule has 2 heterocycles. The van der Waals surface area contributed by atoms with Gasteiger partial charge in [-0.15, -0.1) is 21.5 Å². The van der Waals surface area contributed by atoms with Crippen molar-refractivity contribution < 1.29 is 9.59 Å². The van der Waals surface area contributed by atoms with Crippen LogP contribution in [0.25, 0.3) is 10.7 Å². The third-order valence-electron chi connectivity index (χ3n) is 3.76. The Morgan fingerprint density at radius 3 is 2.59 bits per heavy atom. The molecule has 2 aromatic heterocycles. The van der Waals surface area contributed by atoms with Crippen molar-refractivity contribution in [3.63, 3.8) is 0 Å². The zero-order valence-electron chi connectivity index (χ0n) is 14.9. The molecule has 140 valence electrons. The van der Waals surface area contributed by atoms with Crippen LogP contribution in [0, 0.1) is 0 Å². The summed E-state index contributed by atoms with van der Waals surface area (Å²) in [7, 11) is 1.58. The van der Waals surface area contributed by atoms with Crippen LogP contribution in [0.3, 0.4) is 0 Å². The van der Waals surface area contributed by atoms with Crippen molar-refractivity contribution in [2.75, 3.05) is 18.1 Å². The lowest BCUT2D eigenvalue weighted by atomic mass is 10.2. The maximum atomic E-state index is 12.2. The number of amides is 2. The smallest absolute Gasteiger partial charge is 0.251 e. The summed E-state index contributed by atoms with van der Waals surface area (Å²) in [4.78, 5) is 24.8. The highest BCUT2D eigenvalue weighted by molar-refractivity contribution is 7.99. The zero-order chi connectivity index (χ0) is 19.2. The van der Waals surface area contributed by atoms with E-state index < -0.39 is 0 Å². The maximum absolute atomic E-state index is 12.2. The second-order valence-corrected chi connectivity index (χ2v) is 7.41. The molecule has 7 nitrogen and oxygen atoms in total. The van der Waals surface area contributed by atoms with E-state index in [0.717, 1.165) is 17.2 Å². The van der Waals surface area contributed by atoms with E-state index in [2.05, 4.69) is 20.8 Å². The molecule has 0 aliphatic heterocycles. The van der Waals surface area contributed by atoms with Crippen LogP contribution >= 0.6 is 23.1 Å². The monoisotopic (exact) mass is 401 g/mol. The molecule has 2 N–H and O–H groups in total. The molecule has 3 aromatic rings. The van der Waals surface area contributed by atoms with Gasteiger partial charge >= 0.3 is 0 Å². The van der Waals surface area contributed by atoms with E-state index in [1.54, 1.807) is 42.6 Å². The van der Waals surface area contributed by atoms with Gasteiger partial charge in [0, 0.05) is 24.8 Å². The molecule has 0 radical (unpaired) electrons. The van der Waals surface area contributed by atoms with E-state index in [9.17, 15) is 9.59 Å². The van der Waals surface area contributed by atoms with Gasteiger partial charge in [0.1, 0.15) is 0 Å². The molecule has 0 atom stereocenters. The highest BCUT2D eigenvalue weighted by Crippen LogP contribution is 2.27. The van der Waals surface area contributed by atoms with E-state index in [1.165, 1.54) is 11.8 Å². The first-order chi connectivity index (χ1) is 13.1. The molecule has 9 heteroatoms. The predicted octanol–water partition coefficient (Wildman–Crippen LogP) is 3.12. The molecule has 0 spiro atoms. The fourth-order valence-corrected chi connectivity index (χ4v) is 3.96. The Hall–Kier alpha value is -2.65. The van der Waals surface area contributed by atoms with Crippen molar-refractivity contribution in [3.05, 3.63) is 47.3 Å². The average Bonchev–Trinajstić information content (AvgIpc) is 3.35. The number of rotatable bonds is 7. The third-order valence-corrected chi connectivity index (χ3v) is 5.60. The van der Waals surface area contributed by atoms with Crippen molar-refractivity contribution in [3.8, 4) is 10.7 Å². The first-order valence-electron chi connectivity index (χ1n) is 8.34. The van der Waals surface area contributed by atoms with Crippen molar-refractivity contribution >= 4 is 40.6 Å². The first-order valence-corrected chi connectivity index (χ1v) is 10.2. The number of anilines is 1. The van der Waals surface area contributed by atoms with Gasteiger partial charge in [-0.25, -0.2) is 0 Å². The Bertz CT molecular complexity index is 920. The van der Waals surface area contributed by atoms with E-state index in [-0.39, 0.29) is 17.6 Å². The van der Waals surface area contributed by atoms with Gasteiger partial charge in [0.05, 0.1) is 10.6 Å². The number of benzene rings is 1. The van der Waals surface area contributed by atoms with Crippen molar-refractivity contribution in [2.24, 2.45) is 0 Å². The maximum Gasteiger partial charge on any atom is 0.251 e. The van der Waals surface area contributed by atoms with Crippen molar-refractivity contribution in [1.29, 1.82) is 0 Å². The largest absolute Gasteiger partial charge is 0.355 e. The molecule has 0 saturated carbocycles. The number of hydrogen-bond donors (Lipinski definition) is 2. The molecule has 0 fully saturated rings. The van der Waals surface area contributed by atoms with Crippen LogP contribution in [0.5, 0.6) is 0 Å². The lowest BCUT2D eigenvalue weighted by Gasteiger charge is -2.07. The van der Waals surface area contributed by atoms with Crippen LogP contribution < -0.4 is 10.6 Å². The number of carbonyl (C=O) groups excluding carboxylic acids is 2. The van der Waals surface area contributed by atoms with E-state index >= 15 is 0 Å². The molecule has 27 heavy (non-hydrogen) atoms. The first kappa shape index (κ1) is 19.1. The Morgan fingerprint density at radius 2 is 1.96 bits per heavy atom. The second-order valence-electron chi connectivity index (χ2n) is 5.52. The second kappa shape index (κ2) is 8.83. The number of hydrogen-bond acceptors (Lipinski definition) is 6. The fraction of sp³-hybridized carbons (Fsp3) is 0.222. The molecule has 0 bridgehead atoms. The van der Waals surface area contributed by atoms with Gasteiger partial charge in [0.2, 0.25) is 5.91 Å². The van der Waals surface area contributed by atoms with Gasteiger partial charge < -0.3 is 15.2 Å². The Balaban J connectivity index is 1.60. The predicted molar refractivity (Wildman–Crippen MR) is 108 cm³/mol. The number of nitrogens with one attached hydrogen (secondary N) is 2. The van der Waals surface area contributed by atoms with Gasteiger partial charge in [0.25, 0.3) is 5.91 Å². The highest BCUT2D eigenvalue weighted by atomic mass is 32.2. The Labute approximate surface area is 165 Å². The molecule has 0 aliphatic rings. The molecule has 0 saturated heterocycles. The van der Waals surface area contributed by atoms with Crippen LogP contribution in [-0.4, -0.2) is 39.4 Å². The van der Waals surface area contributed by atoms with Crippen molar-refractivity contribution in [1.82, 2.24) is 20.1 Å². The van der Waals surface area contributed by atoms with Gasteiger partial charge in [-0.2, -0.15) is 0 Å². The van der Waals surface area contributed by atoms with Crippen LogP contribution in [0.1, 0.15) is 17.3 Å². The molecule has 2 amide bonds. The highest BCUT2D eigenvalue weighted by Gasteiger charge is 2.15. The van der Waals surface area contributed by atoms with Gasteiger partial charge in [-0.3, -0.25) is 9.59 Å². The van der Waals surface area contributed by atoms with E-state index in [4.69, 9.17) is 0 Å². The molecule has 0 aliphatic carbocycles. The number of thioether (sulfide) groups is 1. The molecule has 3 rings (SSSR count). The summed E-state index contributed by atoms with van der Waals surface area (Å²) >= 11 is 2.96. The number of nitrogens with zero attached hydrogens (tertiary/aromatic N) is 3. The summed E-state index contributed by atoms with van der Waals surface area (Å²) in [5.41, 5.74) is 1.19. The molecular weight excluding hydrogens is 382 g/mol. The van der Waals surface area contributed by atoms with Crippen LogP contribution in [0.15, 0.2) is 46.9 Å². The summed E-state index contributed by atoms with van der Waals surface area (Å²) in [6, 6.07) is 10.7. The van der Waals surface area contributed by atoms with Crippen molar-refractivity contribution in [2.45, 2.75) is 18.6 Å². The minimum Gasteiger partial charge on any atom is -0.355 e. The van der Waals surface area contributed by atoms with E-state index in [1.807, 2.05) is 29.0 Å². The molecule has 1 aromatic carbocycles. The SMILES string of the molecule is CCn1c(SCC(=O)Nc2ccc(C(=O)NC)cc2)nnc1-c1cccs1. The average molecular weight is 402 g/mol. The summed E-state index contributed by atoms with van der Waals surface area (Å²) in [6.07, 6.45) is 0. The Morgan fingerprint density at radius 1 is 1.19 bits per heavy atom. The summed E-state index contributed by atoms with van der Waals surface area (Å²) in [6.45, 7) is 2.75. The fourth-order valence-electron chi connectivity index (χ4n) is 2.45. The number of thiophene rings is 1. The lowest BCUT2D eigenvalue weighted by Crippen LogP contribution is -2.18. The number of carbonyl (C=O) groups is 2. The number of aromatic nitrogens is 3. The lowest BCUT2D eigenvalue weighted by molar-refractivity contribution is -0.113. The molecular formula is C18H19N5O2S2. The Kier molecular flexibility index (Phi) is 6.25. The minimum absolute atomic E-state index is 0.143.